The molecular formula is C11H9NS2. The fourth-order valence-electron chi connectivity index (χ4n) is 1.47. The van der Waals surface area contributed by atoms with Crippen LogP contribution in [0.5, 0.6) is 0 Å². The second-order valence-corrected chi connectivity index (χ2v) is 5.17. The lowest BCUT2D eigenvalue weighted by Crippen LogP contribution is -1.76. The van der Waals surface area contributed by atoms with Gasteiger partial charge in [0.2, 0.25) is 0 Å². The standard InChI is InChI=1S/C11H9NS2/c1-7-3-9-4-8(6-12)5-10(13-2)11(9)14-7/h3-5H,1-2H3. The minimum atomic E-state index is 0.750. The molecule has 2 aromatic rings. The molecule has 14 heavy (non-hydrogen) atoms. The van der Waals surface area contributed by atoms with E-state index < -0.39 is 0 Å². The van der Waals surface area contributed by atoms with E-state index in [9.17, 15) is 0 Å². The molecule has 0 amide bonds. The number of nitriles is 1. The monoisotopic (exact) mass is 219 g/mol. The van der Waals surface area contributed by atoms with E-state index in [2.05, 4.69) is 19.1 Å². The van der Waals surface area contributed by atoms with Crippen molar-refractivity contribution < 1.29 is 0 Å². The molecule has 0 saturated heterocycles. The average molecular weight is 219 g/mol. The second kappa shape index (κ2) is 3.64. The Morgan fingerprint density at radius 2 is 2.14 bits per heavy atom. The molecule has 0 fully saturated rings. The zero-order valence-electron chi connectivity index (χ0n) is 8.00. The van der Waals surface area contributed by atoms with Crippen LogP contribution in [0.3, 0.4) is 0 Å². The van der Waals surface area contributed by atoms with Gasteiger partial charge in [-0.15, -0.1) is 23.1 Å². The zero-order chi connectivity index (χ0) is 10.1. The summed E-state index contributed by atoms with van der Waals surface area (Å²) >= 11 is 3.49. The fourth-order valence-corrected chi connectivity index (χ4v) is 3.29. The Morgan fingerprint density at radius 3 is 2.79 bits per heavy atom. The minimum Gasteiger partial charge on any atom is -0.192 e. The van der Waals surface area contributed by atoms with Crippen LogP contribution in [-0.2, 0) is 0 Å². The number of hydrogen-bond acceptors (Lipinski definition) is 3. The van der Waals surface area contributed by atoms with Crippen LogP contribution in [-0.4, -0.2) is 6.26 Å². The normalized spacial score (nSPS) is 10.4. The van der Waals surface area contributed by atoms with Crippen molar-refractivity contribution in [1.29, 1.82) is 5.26 Å². The quantitative estimate of drug-likeness (QED) is 0.681. The lowest BCUT2D eigenvalue weighted by Gasteiger charge is -1.98. The van der Waals surface area contributed by atoms with Crippen LogP contribution < -0.4 is 0 Å². The third-order valence-corrected chi connectivity index (χ3v) is 4.04. The van der Waals surface area contributed by atoms with E-state index in [-0.39, 0.29) is 0 Å². The number of aryl methyl sites for hydroxylation is 1. The SMILES string of the molecule is CSc1cc(C#N)cc2cc(C)sc12. The molecule has 1 aromatic carbocycles. The molecule has 1 aromatic heterocycles. The van der Waals surface area contributed by atoms with Crippen molar-refractivity contribution in [3.05, 3.63) is 28.6 Å². The number of thiophene rings is 1. The van der Waals surface area contributed by atoms with Crippen LogP contribution in [0.1, 0.15) is 10.4 Å². The molecule has 0 atom stereocenters. The van der Waals surface area contributed by atoms with Crippen molar-refractivity contribution in [3.63, 3.8) is 0 Å². The maximum absolute atomic E-state index is 8.87. The van der Waals surface area contributed by atoms with Gasteiger partial charge in [0.1, 0.15) is 0 Å². The molecule has 0 unspecified atom stereocenters. The second-order valence-electron chi connectivity index (χ2n) is 3.07. The number of nitrogens with zero attached hydrogens (tertiary/aromatic N) is 1. The molecule has 1 nitrogen and oxygen atoms in total. The minimum absolute atomic E-state index is 0.750. The molecule has 0 bridgehead atoms. The Balaban J connectivity index is 2.80. The number of benzene rings is 1. The summed E-state index contributed by atoms with van der Waals surface area (Å²) < 4.78 is 1.30. The summed E-state index contributed by atoms with van der Waals surface area (Å²) in [7, 11) is 0. The average Bonchev–Trinajstić information content (AvgIpc) is 2.56. The largest absolute Gasteiger partial charge is 0.192 e. The maximum Gasteiger partial charge on any atom is 0.0992 e. The van der Waals surface area contributed by atoms with Crippen molar-refractivity contribution in [2.75, 3.05) is 6.26 Å². The van der Waals surface area contributed by atoms with E-state index in [1.54, 1.807) is 23.1 Å². The van der Waals surface area contributed by atoms with Gasteiger partial charge < -0.3 is 0 Å². The summed E-state index contributed by atoms with van der Waals surface area (Å²) in [5, 5.41) is 10.1. The molecule has 70 valence electrons. The molecule has 0 radical (unpaired) electrons. The van der Waals surface area contributed by atoms with E-state index in [1.165, 1.54) is 19.9 Å². The molecule has 0 spiro atoms. The van der Waals surface area contributed by atoms with Crippen LogP contribution in [0.25, 0.3) is 10.1 Å². The zero-order valence-corrected chi connectivity index (χ0v) is 9.63. The van der Waals surface area contributed by atoms with Gasteiger partial charge in [-0.05, 0) is 36.8 Å². The highest BCUT2D eigenvalue weighted by Gasteiger charge is 2.06. The highest BCUT2D eigenvalue weighted by molar-refractivity contribution is 7.99. The van der Waals surface area contributed by atoms with E-state index in [0.717, 1.165) is 5.56 Å². The molecule has 0 aliphatic carbocycles. The Kier molecular flexibility index (Phi) is 2.49. The highest BCUT2D eigenvalue weighted by atomic mass is 32.2. The first-order valence-corrected chi connectivity index (χ1v) is 6.27. The predicted octanol–water partition coefficient (Wildman–Crippen LogP) is 3.80. The van der Waals surface area contributed by atoms with Crippen LogP contribution in [0.2, 0.25) is 0 Å². The summed E-state index contributed by atoms with van der Waals surface area (Å²) in [6.07, 6.45) is 2.05. The first kappa shape index (κ1) is 9.57. The van der Waals surface area contributed by atoms with Gasteiger partial charge in [0.05, 0.1) is 11.6 Å². The van der Waals surface area contributed by atoms with Crippen molar-refractivity contribution in [2.24, 2.45) is 0 Å². The summed E-state index contributed by atoms with van der Waals surface area (Å²) in [5.41, 5.74) is 0.750. The first-order valence-electron chi connectivity index (χ1n) is 4.23. The van der Waals surface area contributed by atoms with Crippen molar-refractivity contribution in [1.82, 2.24) is 0 Å². The Morgan fingerprint density at radius 1 is 1.36 bits per heavy atom. The molecule has 0 aliphatic heterocycles. The Hall–Kier alpha value is -0.980. The summed E-state index contributed by atoms with van der Waals surface area (Å²) in [4.78, 5) is 2.50. The van der Waals surface area contributed by atoms with Crippen LogP contribution in [0, 0.1) is 18.3 Å². The smallest absolute Gasteiger partial charge is 0.0992 e. The summed E-state index contributed by atoms with van der Waals surface area (Å²) in [6, 6.07) is 8.25. The maximum atomic E-state index is 8.87. The fraction of sp³-hybridized carbons (Fsp3) is 0.182. The molecule has 3 heteroatoms. The third kappa shape index (κ3) is 1.52. The van der Waals surface area contributed by atoms with Gasteiger partial charge in [-0.2, -0.15) is 5.26 Å². The van der Waals surface area contributed by atoms with Gasteiger partial charge in [-0.3, -0.25) is 0 Å². The highest BCUT2D eigenvalue weighted by Crippen LogP contribution is 2.34. The number of thioether (sulfide) groups is 1. The van der Waals surface area contributed by atoms with Gasteiger partial charge in [0.15, 0.2) is 0 Å². The Labute approximate surface area is 91.4 Å². The molecule has 2 rings (SSSR count). The van der Waals surface area contributed by atoms with Gasteiger partial charge >= 0.3 is 0 Å². The molecule has 0 saturated carbocycles. The number of hydrogen-bond donors (Lipinski definition) is 0. The van der Waals surface area contributed by atoms with Gasteiger partial charge in [-0.1, -0.05) is 0 Å². The lowest BCUT2D eigenvalue weighted by molar-refractivity contribution is 1.46. The van der Waals surface area contributed by atoms with E-state index in [0.29, 0.717) is 0 Å². The summed E-state index contributed by atoms with van der Waals surface area (Å²) in [6.45, 7) is 2.10. The van der Waals surface area contributed by atoms with Gasteiger partial charge in [-0.25, -0.2) is 0 Å². The van der Waals surface area contributed by atoms with E-state index >= 15 is 0 Å². The summed E-state index contributed by atoms with van der Waals surface area (Å²) in [5.74, 6) is 0. The third-order valence-electron chi connectivity index (χ3n) is 2.05. The molecule has 0 N–H and O–H groups in total. The molecule has 0 aliphatic rings. The predicted molar refractivity (Wildman–Crippen MR) is 63.1 cm³/mol. The first-order chi connectivity index (χ1) is 6.74. The van der Waals surface area contributed by atoms with Gasteiger partial charge in [0, 0.05) is 14.5 Å². The van der Waals surface area contributed by atoms with Crippen molar-refractivity contribution in [3.8, 4) is 6.07 Å². The topological polar surface area (TPSA) is 23.8 Å². The number of rotatable bonds is 1. The molecular weight excluding hydrogens is 210 g/mol. The number of fused-ring (bicyclic) bond motifs is 1. The van der Waals surface area contributed by atoms with Crippen LogP contribution in [0.15, 0.2) is 23.1 Å². The van der Waals surface area contributed by atoms with Crippen LogP contribution >= 0.6 is 23.1 Å². The van der Waals surface area contributed by atoms with E-state index in [4.69, 9.17) is 5.26 Å². The van der Waals surface area contributed by atoms with E-state index in [1.807, 2.05) is 18.4 Å². The van der Waals surface area contributed by atoms with Gasteiger partial charge in [0.25, 0.3) is 0 Å². The van der Waals surface area contributed by atoms with Crippen molar-refractivity contribution in [2.45, 2.75) is 11.8 Å². The molecule has 1 heterocycles. The Bertz CT molecular complexity index is 520. The van der Waals surface area contributed by atoms with Crippen molar-refractivity contribution >= 4 is 33.2 Å². The van der Waals surface area contributed by atoms with Crippen LogP contribution in [0.4, 0.5) is 0 Å². The lowest BCUT2D eigenvalue weighted by atomic mass is 10.2.